The second-order valence-corrected chi connectivity index (χ2v) is 5.06. The molecule has 0 aliphatic rings. The number of hydrogen-bond donors (Lipinski definition) is 1. The first-order chi connectivity index (χ1) is 8.60. The van der Waals surface area contributed by atoms with Crippen molar-refractivity contribution in [2.75, 3.05) is 5.32 Å². The Morgan fingerprint density at radius 1 is 1.28 bits per heavy atom. The van der Waals surface area contributed by atoms with Gasteiger partial charge in [0.25, 0.3) is 5.91 Å². The van der Waals surface area contributed by atoms with Crippen LogP contribution in [0.25, 0.3) is 0 Å². The lowest BCUT2D eigenvalue weighted by Gasteiger charge is -2.05. The molecule has 6 heteroatoms. The minimum atomic E-state index is -0.407. The third-order valence-corrected chi connectivity index (χ3v) is 3.07. The number of rotatable bonds is 2. The summed E-state index contributed by atoms with van der Waals surface area (Å²) in [6.45, 7) is 0. The average molecular weight is 370 g/mol. The molecule has 0 radical (unpaired) electrons. The molecule has 18 heavy (non-hydrogen) atoms. The van der Waals surface area contributed by atoms with E-state index in [1.165, 1.54) is 0 Å². The smallest absolute Gasteiger partial charge is 0.291 e. The first-order valence-corrected chi connectivity index (χ1v) is 6.45. The number of benzene rings is 1. The SMILES string of the molecule is N#Cc1ccc(Br)cc1NC(=O)c1ccc(Br)o1. The number of nitrogens with zero attached hydrogens (tertiary/aromatic N) is 1. The summed E-state index contributed by atoms with van der Waals surface area (Å²) in [7, 11) is 0. The minimum absolute atomic E-state index is 0.172. The average Bonchev–Trinajstić information content (AvgIpc) is 2.76. The highest BCUT2D eigenvalue weighted by Gasteiger charge is 2.13. The number of carbonyl (C=O) groups is 1. The summed E-state index contributed by atoms with van der Waals surface area (Å²) in [5, 5.41) is 11.6. The van der Waals surface area contributed by atoms with Gasteiger partial charge in [-0.05, 0) is 46.3 Å². The van der Waals surface area contributed by atoms with E-state index in [1.54, 1.807) is 30.3 Å². The molecule has 0 fully saturated rings. The van der Waals surface area contributed by atoms with Gasteiger partial charge in [-0.3, -0.25) is 4.79 Å². The fourth-order valence-electron chi connectivity index (χ4n) is 1.34. The van der Waals surface area contributed by atoms with Crippen molar-refractivity contribution in [2.45, 2.75) is 0 Å². The lowest BCUT2D eigenvalue weighted by atomic mass is 10.2. The number of amides is 1. The molecule has 2 rings (SSSR count). The Morgan fingerprint density at radius 3 is 2.67 bits per heavy atom. The zero-order chi connectivity index (χ0) is 13.1. The van der Waals surface area contributed by atoms with Gasteiger partial charge in [0.1, 0.15) is 6.07 Å². The second kappa shape index (κ2) is 5.38. The zero-order valence-electron chi connectivity index (χ0n) is 8.91. The monoisotopic (exact) mass is 368 g/mol. The molecule has 90 valence electrons. The van der Waals surface area contributed by atoms with Crippen LogP contribution in [0.4, 0.5) is 5.69 Å². The van der Waals surface area contributed by atoms with Gasteiger partial charge in [-0.2, -0.15) is 5.26 Å². The molecule has 0 aliphatic heterocycles. The highest BCUT2D eigenvalue weighted by molar-refractivity contribution is 9.10. The van der Waals surface area contributed by atoms with Crippen molar-refractivity contribution in [1.29, 1.82) is 5.26 Å². The first-order valence-electron chi connectivity index (χ1n) is 4.86. The van der Waals surface area contributed by atoms with Crippen molar-refractivity contribution in [2.24, 2.45) is 0 Å². The highest BCUT2D eigenvalue weighted by atomic mass is 79.9. The van der Waals surface area contributed by atoms with Crippen LogP contribution in [0, 0.1) is 11.3 Å². The predicted octanol–water partition coefficient (Wildman–Crippen LogP) is 3.93. The molecule has 1 heterocycles. The third kappa shape index (κ3) is 2.81. The number of furan rings is 1. The summed E-state index contributed by atoms with van der Waals surface area (Å²) in [5.74, 6) is -0.235. The molecule has 0 spiro atoms. The number of carbonyl (C=O) groups excluding carboxylic acids is 1. The zero-order valence-corrected chi connectivity index (χ0v) is 12.1. The molecule has 1 N–H and O–H groups in total. The fraction of sp³-hybridized carbons (Fsp3) is 0. The van der Waals surface area contributed by atoms with Gasteiger partial charge in [-0.1, -0.05) is 15.9 Å². The van der Waals surface area contributed by atoms with Gasteiger partial charge in [-0.25, -0.2) is 0 Å². The Bertz CT molecular complexity index is 644. The maximum Gasteiger partial charge on any atom is 0.291 e. The van der Waals surface area contributed by atoms with E-state index in [0.29, 0.717) is 15.9 Å². The molecule has 0 saturated carbocycles. The second-order valence-electron chi connectivity index (χ2n) is 3.36. The normalized spacial score (nSPS) is 9.83. The largest absolute Gasteiger partial charge is 0.444 e. The Morgan fingerprint density at radius 2 is 2.06 bits per heavy atom. The Hall–Kier alpha value is -1.58. The van der Waals surface area contributed by atoms with E-state index in [1.807, 2.05) is 6.07 Å². The molecule has 1 amide bonds. The van der Waals surface area contributed by atoms with E-state index >= 15 is 0 Å². The molecule has 0 bridgehead atoms. The van der Waals surface area contributed by atoms with Crippen molar-refractivity contribution in [3.8, 4) is 6.07 Å². The Labute approximate surface area is 120 Å². The van der Waals surface area contributed by atoms with E-state index < -0.39 is 5.91 Å². The van der Waals surface area contributed by atoms with Gasteiger partial charge in [0.15, 0.2) is 10.4 Å². The summed E-state index contributed by atoms with van der Waals surface area (Å²) >= 11 is 6.40. The van der Waals surface area contributed by atoms with Crippen LogP contribution >= 0.6 is 31.9 Å². The topological polar surface area (TPSA) is 66.0 Å². The Balaban J connectivity index is 2.27. The molecule has 0 saturated heterocycles. The van der Waals surface area contributed by atoms with Crippen LogP contribution in [0.15, 0.2) is 43.9 Å². The number of halogens is 2. The van der Waals surface area contributed by atoms with E-state index in [9.17, 15) is 4.79 Å². The lowest BCUT2D eigenvalue weighted by Crippen LogP contribution is -2.11. The molecule has 1 aromatic heterocycles. The first kappa shape index (κ1) is 12.9. The molecular formula is C12H6Br2N2O2. The fourth-order valence-corrected chi connectivity index (χ4v) is 2.01. The number of anilines is 1. The molecule has 0 unspecified atom stereocenters. The molecular weight excluding hydrogens is 364 g/mol. The summed E-state index contributed by atoms with van der Waals surface area (Å²) in [6.07, 6.45) is 0. The van der Waals surface area contributed by atoms with Crippen molar-refractivity contribution < 1.29 is 9.21 Å². The quantitative estimate of drug-likeness (QED) is 0.872. The molecule has 2 aromatic rings. The van der Waals surface area contributed by atoms with E-state index in [0.717, 1.165) is 4.47 Å². The number of hydrogen-bond acceptors (Lipinski definition) is 3. The maximum absolute atomic E-state index is 11.9. The standard InChI is InChI=1S/C12H6Br2N2O2/c13-8-2-1-7(6-15)9(5-8)16-12(17)10-3-4-11(14)18-10/h1-5H,(H,16,17). The van der Waals surface area contributed by atoms with Gasteiger partial charge in [0.05, 0.1) is 11.3 Å². The van der Waals surface area contributed by atoms with Gasteiger partial charge in [0.2, 0.25) is 0 Å². The molecule has 1 aromatic carbocycles. The van der Waals surface area contributed by atoms with Crippen LogP contribution in [-0.4, -0.2) is 5.91 Å². The van der Waals surface area contributed by atoms with Gasteiger partial charge in [-0.15, -0.1) is 0 Å². The number of nitrogens with one attached hydrogen (secondary N) is 1. The van der Waals surface area contributed by atoms with Crippen LogP contribution in [0.1, 0.15) is 16.1 Å². The van der Waals surface area contributed by atoms with Gasteiger partial charge >= 0.3 is 0 Å². The Kier molecular flexibility index (Phi) is 3.84. The van der Waals surface area contributed by atoms with Crippen LogP contribution < -0.4 is 5.32 Å². The molecule has 0 aliphatic carbocycles. The van der Waals surface area contributed by atoms with E-state index in [-0.39, 0.29) is 5.76 Å². The van der Waals surface area contributed by atoms with Crippen molar-refractivity contribution in [3.63, 3.8) is 0 Å². The third-order valence-electron chi connectivity index (χ3n) is 2.15. The van der Waals surface area contributed by atoms with Crippen LogP contribution in [0.2, 0.25) is 0 Å². The van der Waals surface area contributed by atoms with Crippen LogP contribution in [0.3, 0.4) is 0 Å². The summed E-state index contributed by atoms with van der Waals surface area (Å²) in [4.78, 5) is 11.9. The van der Waals surface area contributed by atoms with E-state index in [4.69, 9.17) is 9.68 Å². The van der Waals surface area contributed by atoms with Gasteiger partial charge < -0.3 is 9.73 Å². The van der Waals surface area contributed by atoms with Crippen LogP contribution in [-0.2, 0) is 0 Å². The molecule has 0 atom stereocenters. The molecule has 4 nitrogen and oxygen atoms in total. The predicted molar refractivity (Wildman–Crippen MR) is 73.2 cm³/mol. The summed E-state index contributed by atoms with van der Waals surface area (Å²) in [5.41, 5.74) is 0.821. The summed E-state index contributed by atoms with van der Waals surface area (Å²) < 4.78 is 6.38. The van der Waals surface area contributed by atoms with Crippen LogP contribution in [0.5, 0.6) is 0 Å². The van der Waals surface area contributed by atoms with Crippen molar-refractivity contribution >= 4 is 43.5 Å². The lowest BCUT2D eigenvalue weighted by molar-refractivity contribution is 0.0995. The van der Waals surface area contributed by atoms with Crippen molar-refractivity contribution in [3.05, 3.63) is 50.8 Å². The number of nitriles is 1. The minimum Gasteiger partial charge on any atom is -0.444 e. The summed E-state index contributed by atoms with van der Waals surface area (Å²) in [6, 6.07) is 10.2. The maximum atomic E-state index is 11.9. The highest BCUT2D eigenvalue weighted by Crippen LogP contribution is 2.22. The van der Waals surface area contributed by atoms with Crippen molar-refractivity contribution in [1.82, 2.24) is 0 Å². The van der Waals surface area contributed by atoms with Gasteiger partial charge in [0, 0.05) is 4.47 Å². The van der Waals surface area contributed by atoms with E-state index in [2.05, 4.69) is 37.2 Å².